The largest absolute Gasteiger partial charge is 0.383 e. The molecule has 2 rings (SSSR count). The molecule has 0 saturated carbocycles. The number of benzene rings is 1. The van der Waals surface area contributed by atoms with E-state index in [2.05, 4.69) is 11.9 Å². The lowest BCUT2D eigenvalue weighted by atomic mass is 10.1. The van der Waals surface area contributed by atoms with Gasteiger partial charge in [-0.05, 0) is 31.0 Å². The van der Waals surface area contributed by atoms with Crippen LogP contribution in [0.25, 0.3) is 0 Å². The molecule has 0 saturated heterocycles. The Labute approximate surface area is 169 Å². The number of rotatable bonds is 9. The molecular formula is C20H27ClN4O3. The first-order chi connectivity index (χ1) is 13.4. The molecule has 2 aromatic rings. The second-order valence-corrected chi connectivity index (χ2v) is 7.11. The number of hydrogen-bond donors (Lipinski definition) is 2. The smallest absolute Gasteiger partial charge is 0.330 e. The molecule has 3 N–H and O–H groups in total. The highest BCUT2D eigenvalue weighted by Crippen LogP contribution is 2.22. The standard InChI is InChI=1S/C20H27ClN4O3/c1-3-5-7-12-24(19(27)14-9-8-10-15(21)13-14)16-17(22)25(11-6-4-2)20(28)23-18(16)26/h8-10,13H,3-7,11-12,22H2,1-2H3,(H,23,26,28). The van der Waals surface area contributed by atoms with E-state index in [1.165, 1.54) is 9.47 Å². The molecule has 0 bridgehead atoms. The number of amides is 1. The van der Waals surface area contributed by atoms with Crippen molar-refractivity contribution in [2.45, 2.75) is 52.5 Å². The second kappa shape index (κ2) is 10.1. The fraction of sp³-hybridized carbons (Fsp3) is 0.450. The first-order valence-electron chi connectivity index (χ1n) is 9.60. The summed E-state index contributed by atoms with van der Waals surface area (Å²) in [7, 11) is 0. The number of aromatic amines is 1. The molecule has 0 aliphatic carbocycles. The zero-order valence-corrected chi connectivity index (χ0v) is 17.1. The average Bonchev–Trinajstić information content (AvgIpc) is 2.66. The Morgan fingerprint density at radius 1 is 1.18 bits per heavy atom. The fourth-order valence-electron chi connectivity index (χ4n) is 2.99. The van der Waals surface area contributed by atoms with Crippen LogP contribution in [0.2, 0.25) is 5.02 Å². The van der Waals surface area contributed by atoms with Gasteiger partial charge in [0.25, 0.3) is 11.5 Å². The minimum atomic E-state index is -0.665. The lowest BCUT2D eigenvalue weighted by Gasteiger charge is -2.24. The van der Waals surface area contributed by atoms with Gasteiger partial charge >= 0.3 is 5.69 Å². The molecule has 152 valence electrons. The van der Waals surface area contributed by atoms with Crippen LogP contribution < -0.4 is 21.9 Å². The van der Waals surface area contributed by atoms with Crippen molar-refractivity contribution in [1.29, 1.82) is 0 Å². The third kappa shape index (κ3) is 5.04. The van der Waals surface area contributed by atoms with Crippen molar-refractivity contribution in [2.24, 2.45) is 0 Å². The number of nitrogen functional groups attached to an aromatic ring is 1. The summed E-state index contributed by atoms with van der Waals surface area (Å²) >= 11 is 6.02. The van der Waals surface area contributed by atoms with Crippen molar-refractivity contribution < 1.29 is 4.79 Å². The maximum Gasteiger partial charge on any atom is 0.330 e. The molecular weight excluding hydrogens is 380 g/mol. The lowest BCUT2D eigenvalue weighted by molar-refractivity contribution is 0.0986. The SMILES string of the molecule is CCCCCN(C(=O)c1cccc(Cl)c1)c1c(N)n(CCCC)c(=O)[nH]c1=O. The van der Waals surface area contributed by atoms with Gasteiger partial charge in [0, 0.05) is 23.7 Å². The Hall–Kier alpha value is -2.54. The third-order valence-electron chi connectivity index (χ3n) is 4.52. The van der Waals surface area contributed by atoms with Crippen LogP contribution in [0.4, 0.5) is 11.5 Å². The highest BCUT2D eigenvalue weighted by molar-refractivity contribution is 6.31. The monoisotopic (exact) mass is 406 g/mol. The van der Waals surface area contributed by atoms with Gasteiger partial charge in [-0.25, -0.2) is 4.79 Å². The molecule has 0 aliphatic rings. The average molecular weight is 407 g/mol. The quantitative estimate of drug-likeness (QED) is 0.623. The van der Waals surface area contributed by atoms with Crippen LogP contribution in [-0.2, 0) is 6.54 Å². The van der Waals surface area contributed by atoms with Crippen LogP contribution in [0.15, 0.2) is 33.9 Å². The molecule has 0 fully saturated rings. The Bertz CT molecular complexity index is 936. The highest BCUT2D eigenvalue weighted by atomic mass is 35.5. The van der Waals surface area contributed by atoms with Crippen molar-refractivity contribution in [3.63, 3.8) is 0 Å². The molecule has 1 aromatic heterocycles. The molecule has 7 nitrogen and oxygen atoms in total. The van der Waals surface area contributed by atoms with Crippen molar-refractivity contribution >= 4 is 29.0 Å². The van der Waals surface area contributed by atoms with Gasteiger partial charge in [0.05, 0.1) is 0 Å². The molecule has 1 amide bonds. The number of nitrogens with two attached hydrogens (primary N) is 1. The predicted octanol–water partition coefficient (Wildman–Crippen LogP) is 3.41. The summed E-state index contributed by atoms with van der Waals surface area (Å²) in [4.78, 5) is 41.6. The van der Waals surface area contributed by atoms with E-state index in [1.54, 1.807) is 24.3 Å². The highest BCUT2D eigenvalue weighted by Gasteiger charge is 2.25. The number of nitrogens with one attached hydrogen (secondary N) is 1. The molecule has 0 atom stereocenters. The van der Waals surface area contributed by atoms with Gasteiger partial charge in [-0.2, -0.15) is 0 Å². The molecule has 1 heterocycles. The van der Waals surface area contributed by atoms with E-state index < -0.39 is 11.2 Å². The van der Waals surface area contributed by atoms with E-state index in [-0.39, 0.29) is 17.4 Å². The fourth-order valence-corrected chi connectivity index (χ4v) is 3.18. The van der Waals surface area contributed by atoms with Crippen molar-refractivity contribution in [2.75, 3.05) is 17.2 Å². The van der Waals surface area contributed by atoms with Gasteiger partial charge in [-0.3, -0.25) is 19.1 Å². The van der Waals surface area contributed by atoms with Crippen LogP contribution in [-0.4, -0.2) is 22.0 Å². The van der Waals surface area contributed by atoms with Gasteiger partial charge in [-0.1, -0.05) is 50.8 Å². The molecule has 0 spiro atoms. The first-order valence-corrected chi connectivity index (χ1v) is 9.98. The number of nitrogens with zero attached hydrogens (tertiary/aromatic N) is 2. The summed E-state index contributed by atoms with van der Waals surface area (Å²) in [5.41, 5.74) is 5.34. The zero-order chi connectivity index (χ0) is 20.7. The van der Waals surface area contributed by atoms with Crippen LogP contribution in [0.5, 0.6) is 0 Å². The number of unbranched alkanes of at least 4 members (excludes halogenated alkanes) is 3. The van der Waals surface area contributed by atoms with Gasteiger partial charge in [0.1, 0.15) is 5.82 Å². The minimum Gasteiger partial charge on any atom is -0.383 e. The number of halogens is 1. The van der Waals surface area contributed by atoms with Gasteiger partial charge in [0.15, 0.2) is 5.69 Å². The number of carbonyl (C=O) groups is 1. The zero-order valence-electron chi connectivity index (χ0n) is 16.3. The van der Waals surface area contributed by atoms with Crippen LogP contribution >= 0.6 is 11.6 Å². The Morgan fingerprint density at radius 3 is 2.54 bits per heavy atom. The van der Waals surface area contributed by atoms with E-state index in [0.29, 0.717) is 30.1 Å². The van der Waals surface area contributed by atoms with E-state index >= 15 is 0 Å². The molecule has 28 heavy (non-hydrogen) atoms. The lowest BCUT2D eigenvalue weighted by Crippen LogP contribution is -2.41. The third-order valence-corrected chi connectivity index (χ3v) is 4.76. The van der Waals surface area contributed by atoms with Crippen molar-refractivity contribution in [3.05, 3.63) is 55.7 Å². The number of anilines is 2. The Kier molecular flexibility index (Phi) is 7.87. The molecule has 0 radical (unpaired) electrons. The Balaban J connectivity index is 2.55. The normalized spacial score (nSPS) is 10.8. The number of hydrogen-bond acceptors (Lipinski definition) is 4. The molecule has 8 heteroatoms. The molecule has 0 aliphatic heterocycles. The van der Waals surface area contributed by atoms with Gasteiger partial charge in [-0.15, -0.1) is 0 Å². The van der Waals surface area contributed by atoms with Crippen LogP contribution in [0, 0.1) is 0 Å². The van der Waals surface area contributed by atoms with E-state index in [0.717, 1.165) is 25.7 Å². The second-order valence-electron chi connectivity index (χ2n) is 6.67. The maximum atomic E-state index is 13.2. The summed E-state index contributed by atoms with van der Waals surface area (Å²) in [5, 5.41) is 0.425. The topological polar surface area (TPSA) is 101 Å². The van der Waals surface area contributed by atoms with Gasteiger partial charge in [0.2, 0.25) is 0 Å². The first kappa shape index (κ1) is 21.8. The summed E-state index contributed by atoms with van der Waals surface area (Å²) in [6.07, 6.45) is 4.15. The van der Waals surface area contributed by atoms with E-state index in [9.17, 15) is 14.4 Å². The summed E-state index contributed by atoms with van der Waals surface area (Å²) in [5.74, 6) is -0.370. The van der Waals surface area contributed by atoms with Crippen LogP contribution in [0.1, 0.15) is 56.3 Å². The predicted molar refractivity (Wildman–Crippen MR) is 113 cm³/mol. The minimum absolute atomic E-state index is 0.00840. The van der Waals surface area contributed by atoms with E-state index in [4.69, 9.17) is 17.3 Å². The summed E-state index contributed by atoms with van der Waals surface area (Å²) in [6, 6.07) is 6.54. The summed E-state index contributed by atoms with van der Waals surface area (Å²) < 4.78 is 1.32. The van der Waals surface area contributed by atoms with Crippen LogP contribution in [0.3, 0.4) is 0 Å². The van der Waals surface area contributed by atoms with Crippen molar-refractivity contribution in [3.8, 4) is 0 Å². The van der Waals surface area contributed by atoms with E-state index in [1.807, 2.05) is 6.92 Å². The van der Waals surface area contributed by atoms with Gasteiger partial charge < -0.3 is 10.6 Å². The number of aromatic nitrogens is 2. The van der Waals surface area contributed by atoms with Crippen molar-refractivity contribution in [1.82, 2.24) is 9.55 Å². The maximum absolute atomic E-state index is 13.2. The Morgan fingerprint density at radius 2 is 1.89 bits per heavy atom. The summed E-state index contributed by atoms with van der Waals surface area (Å²) in [6.45, 7) is 4.74. The molecule has 0 unspecified atom stereocenters. The number of carbonyl (C=O) groups excluding carboxylic acids is 1. The molecule has 1 aromatic carbocycles. The number of H-pyrrole nitrogens is 1.